The SMILES string of the molecule is C=C(CCC(=O)O[C@H]1CC[C@@]2(C)C(=CC[C@@H]3[C@@H]2CC[C@]2(C)[C@@H]([C@H](C)CCCC(C)C)CC[C@@]32N)C1)NCCOCCOCCOC(COCCCCCCCC/C=C\C/C=C\CCCCC)CN1CCCC1C. The van der Waals surface area contributed by atoms with Crippen LogP contribution in [0.15, 0.2) is 48.2 Å². The van der Waals surface area contributed by atoms with Gasteiger partial charge in [0.1, 0.15) is 6.10 Å². The largest absolute Gasteiger partial charge is 0.462 e. The first-order valence-corrected chi connectivity index (χ1v) is 30.8. The number of nitrogens with two attached hydrogens (primary N) is 1. The molecule has 73 heavy (non-hydrogen) atoms. The molecule has 0 aromatic carbocycles. The lowest BCUT2D eigenvalue weighted by molar-refractivity contribution is -0.151. The monoisotopic (exact) mass is 1020 g/mol. The zero-order chi connectivity index (χ0) is 52.4. The van der Waals surface area contributed by atoms with Crippen molar-refractivity contribution < 1.29 is 28.5 Å². The number of esters is 1. The summed E-state index contributed by atoms with van der Waals surface area (Å²) >= 11 is 0. The number of likely N-dealkylation sites (tertiary alicyclic amines) is 1. The predicted molar refractivity (Wildman–Crippen MR) is 305 cm³/mol. The minimum Gasteiger partial charge on any atom is -0.462 e. The molecule has 0 spiro atoms. The van der Waals surface area contributed by atoms with Gasteiger partial charge in [0.15, 0.2) is 0 Å². The maximum absolute atomic E-state index is 13.1. The van der Waals surface area contributed by atoms with Gasteiger partial charge in [-0.25, -0.2) is 0 Å². The topological polar surface area (TPSA) is 105 Å². The van der Waals surface area contributed by atoms with Gasteiger partial charge in [-0.3, -0.25) is 9.69 Å². The number of fused-ring (bicyclic) bond motifs is 5. The molecule has 1 heterocycles. The number of nitrogens with zero attached hydrogens (tertiary/aromatic N) is 1. The number of carbonyl (C=O) groups is 1. The number of unbranched alkanes of at least 4 members (excludes halogenated alkanes) is 9. The molecule has 0 aromatic rings. The van der Waals surface area contributed by atoms with Gasteiger partial charge < -0.3 is 34.7 Å². The number of ether oxygens (including phenoxy) is 5. The summed E-state index contributed by atoms with van der Waals surface area (Å²) in [6, 6.07) is 0.607. The molecule has 4 fully saturated rings. The van der Waals surface area contributed by atoms with Gasteiger partial charge in [-0.15, -0.1) is 0 Å². The van der Waals surface area contributed by atoms with Crippen LogP contribution in [0.5, 0.6) is 0 Å². The van der Waals surface area contributed by atoms with Crippen LogP contribution in [0.3, 0.4) is 0 Å². The van der Waals surface area contributed by atoms with E-state index in [-0.39, 0.29) is 34.5 Å². The lowest BCUT2D eigenvalue weighted by Crippen LogP contribution is -2.65. The summed E-state index contributed by atoms with van der Waals surface area (Å²) < 4.78 is 30.3. The Bertz CT molecular complexity index is 1650. The van der Waals surface area contributed by atoms with Crippen LogP contribution in [0.2, 0.25) is 0 Å². The predicted octanol–water partition coefficient (Wildman–Crippen LogP) is 14.6. The van der Waals surface area contributed by atoms with Crippen LogP contribution in [0.25, 0.3) is 0 Å². The quantitative estimate of drug-likeness (QED) is 0.0354. The molecule has 4 aliphatic carbocycles. The number of carbonyl (C=O) groups excluding carboxylic acids is 1. The van der Waals surface area contributed by atoms with Crippen LogP contribution in [0, 0.1) is 40.4 Å². The van der Waals surface area contributed by atoms with Crippen molar-refractivity contribution in [1.29, 1.82) is 0 Å². The molecular formula is C64H113N3O6. The first kappa shape index (κ1) is 61.8. The Morgan fingerprint density at radius 2 is 1.53 bits per heavy atom. The van der Waals surface area contributed by atoms with Gasteiger partial charge in [-0.05, 0) is 157 Å². The van der Waals surface area contributed by atoms with Crippen LogP contribution in [0.4, 0.5) is 0 Å². The van der Waals surface area contributed by atoms with Gasteiger partial charge >= 0.3 is 5.97 Å². The third-order valence-electron chi connectivity index (χ3n) is 19.0. The Kier molecular flexibility index (Phi) is 28.2. The van der Waals surface area contributed by atoms with Crippen molar-refractivity contribution in [2.24, 2.45) is 46.2 Å². The number of rotatable bonds is 39. The van der Waals surface area contributed by atoms with Crippen LogP contribution in [-0.4, -0.2) is 101 Å². The van der Waals surface area contributed by atoms with Gasteiger partial charge in [-0.2, -0.15) is 0 Å². The first-order chi connectivity index (χ1) is 35.3. The summed E-state index contributed by atoms with van der Waals surface area (Å²) in [4.78, 5) is 15.6. The summed E-state index contributed by atoms with van der Waals surface area (Å²) in [6.07, 6.45) is 43.4. The van der Waals surface area contributed by atoms with Crippen molar-refractivity contribution in [3.05, 3.63) is 48.2 Å². The molecule has 10 atom stereocenters. The summed E-state index contributed by atoms with van der Waals surface area (Å²) in [6.45, 7) is 27.9. The highest BCUT2D eigenvalue weighted by Gasteiger charge is 2.65. The second-order valence-electron chi connectivity index (χ2n) is 24.8. The van der Waals surface area contributed by atoms with Gasteiger partial charge in [-0.1, -0.05) is 142 Å². The van der Waals surface area contributed by atoms with Gasteiger partial charge in [0.05, 0.1) is 52.2 Å². The lowest BCUT2D eigenvalue weighted by atomic mass is 9.44. The summed E-state index contributed by atoms with van der Waals surface area (Å²) in [5, 5.41) is 3.33. The van der Waals surface area contributed by atoms with E-state index in [1.807, 2.05) is 0 Å². The third-order valence-corrected chi connectivity index (χ3v) is 19.0. The smallest absolute Gasteiger partial charge is 0.306 e. The number of hydrogen-bond donors (Lipinski definition) is 2. The van der Waals surface area contributed by atoms with Crippen molar-refractivity contribution in [2.45, 2.75) is 246 Å². The maximum atomic E-state index is 13.1. The molecule has 9 heteroatoms. The molecule has 0 amide bonds. The van der Waals surface area contributed by atoms with E-state index < -0.39 is 0 Å². The fourth-order valence-electron chi connectivity index (χ4n) is 14.4. The summed E-state index contributed by atoms with van der Waals surface area (Å²) in [5.74, 6) is 3.32. The number of allylic oxidation sites excluding steroid dienone is 6. The summed E-state index contributed by atoms with van der Waals surface area (Å²) in [7, 11) is 0. The zero-order valence-electron chi connectivity index (χ0n) is 48.3. The van der Waals surface area contributed by atoms with Gasteiger partial charge in [0.25, 0.3) is 0 Å². The molecule has 5 rings (SSSR count). The molecule has 2 unspecified atom stereocenters. The maximum Gasteiger partial charge on any atom is 0.306 e. The van der Waals surface area contributed by atoms with Crippen molar-refractivity contribution in [3.8, 4) is 0 Å². The van der Waals surface area contributed by atoms with E-state index in [1.54, 1.807) is 0 Å². The number of nitrogens with one attached hydrogen (secondary N) is 1. The minimum absolute atomic E-state index is 0.0369. The van der Waals surface area contributed by atoms with Gasteiger partial charge in [0, 0.05) is 43.4 Å². The van der Waals surface area contributed by atoms with Crippen LogP contribution >= 0.6 is 0 Å². The molecule has 5 aliphatic rings. The molecule has 0 radical (unpaired) electrons. The van der Waals surface area contributed by atoms with Crippen molar-refractivity contribution >= 4 is 5.97 Å². The van der Waals surface area contributed by atoms with E-state index in [9.17, 15) is 4.79 Å². The van der Waals surface area contributed by atoms with E-state index in [0.717, 1.165) is 81.7 Å². The minimum atomic E-state index is -0.121. The highest BCUT2D eigenvalue weighted by Crippen LogP contribution is 2.68. The van der Waals surface area contributed by atoms with Crippen LogP contribution in [0.1, 0.15) is 222 Å². The molecule has 3 saturated carbocycles. The molecule has 1 saturated heterocycles. The molecule has 0 aromatic heterocycles. The Morgan fingerprint density at radius 3 is 2.27 bits per heavy atom. The second-order valence-corrected chi connectivity index (χ2v) is 24.8. The van der Waals surface area contributed by atoms with Crippen molar-refractivity contribution in [3.63, 3.8) is 0 Å². The molecular weight excluding hydrogens is 907 g/mol. The van der Waals surface area contributed by atoms with E-state index in [1.165, 1.54) is 128 Å². The molecule has 9 nitrogen and oxygen atoms in total. The number of hydrogen-bond acceptors (Lipinski definition) is 9. The van der Waals surface area contributed by atoms with Crippen molar-refractivity contribution in [1.82, 2.24) is 10.2 Å². The zero-order valence-corrected chi connectivity index (χ0v) is 48.3. The average molecular weight is 1020 g/mol. The highest BCUT2D eigenvalue weighted by molar-refractivity contribution is 5.70. The molecule has 1 aliphatic heterocycles. The average Bonchev–Trinajstić information content (AvgIpc) is 3.90. The fourth-order valence-corrected chi connectivity index (χ4v) is 14.4. The first-order valence-electron chi connectivity index (χ1n) is 30.8. The van der Waals surface area contributed by atoms with Crippen LogP contribution in [-0.2, 0) is 28.5 Å². The lowest BCUT2D eigenvalue weighted by Gasteiger charge is -2.62. The summed E-state index contributed by atoms with van der Waals surface area (Å²) in [5.41, 5.74) is 10.4. The Morgan fingerprint density at radius 1 is 0.808 bits per heavy atom. The molecule has 3 N–H and O–H groups in total. The van der Waals surface area contributed by atoms with E-state index in [2.05, 4.69) is 95.6 Å². The standard InChI is InChI=1S/C64H113N3O6/c1-9-10-11-12-13-14-15-16-17-18-19-20-21-22-23-24-42-71-50-57(49-67-41-26-29-54(67)6)72-47-46-70-45-44-69-43-40-66-53(5)30-33-61(68)73-56-34-37-62(7)55(48-56)31-32-60-59(62)35-38-63(8)58(36-39-64(60,63)65)52(4)28-25-27-51(2)3/h13-14,16-17,31,51-52,54,56-60,66H,5,9-12,15,18-30,32-50,65H2,1-4,6-8H3/b14-13-,17-16-/t52-,54?,56+,57?,58-,59+,60-,62+,63-,64-/m1/s1. The van der Waals surface area contributed by atoms with Gasteiger partial charge in [0.2, 0.25) is 0 Å². The second kappa shape index (κ2) is 33.3. The Labute approximate surface area is 448 Å². The Balaban J connectivity index is 0.862. The fraction of sp³-hybridized carbons (Fsp3) is 0.859. The molecule has 0 bridgehead atoms. The van der Waals surface area contributed by atoms with E-state index in [4.69, 9.17) is 29.4 Å². The van der Waals surface area contributed by atoms with E-state index >= 15 is 0 Å². The third kappa shape index (κ3) is 19.8. The van der Waals surface area contributed by atoms with Crippen LogP contribution < -0.4 is 11.1 Å². The van der Waals surface area contributed by atoms with E-state index in [0.29, 0.717) is 76.9 Å². The Hall–Kier alpha value is -2.01. The highest BCUT2D eigenvalue weighted by atomic mass is 16.6. The molecule has 420 valence electrons. The normalized spacial score (nSPS) is 29.1. The van der Waals surface area contributed by atoms with Crippen molar-refractivity contribution in [2.75, 3.05) is 65.9 Å².